The minimum absolute atomic E-state index is 0.00882. The SMILES string of the molecule is CC(C)C(OC(=O)C(C)(C)C(=O)O)OC1CCCCC1. The van der Waals surface area contributed by atoms with Crippen molar-refractivity contribution in [3.05, 3.63) is 0 Å². The van der Waals surface area contributed by atoms with E-state index in [1.165, 1.54) is 20.3 Å². The number of carbonyl (C=O) groups is 2. The van der Waals surface area contributed by atoms with Crippen LogP contribution < -0.4 is 0 Å². The van der Waals surface area contributed by atoms with Crippen molar-refractivity contribution in [2.45, 2.75) is 72.2 Å². The predicted molar refractivity (Wildman–Crippen MR) is 74.1 cm³/mol. The van der Waals surface area contributed by atoms with Crippen molar-refractivity contribution in [3.8, 4) is 0 Å². The van der Waals surface area contributed by atoms with Gasteiger partial charge in [-0.1, -0.05) is 33.1 Å². The molecule has 1 saturated carbocycles. The van der Waals surface area contributed by atoms with Gasteiger partial charge in [-0.2, -0.15) is 0 Å². The number of esters is 1. The Morgan fingerprint density at radius 3 is 2.15 bits per heavy atom. The van der Waals surface area contributed by atoms with Crippen LogP contribution in [-0.4, -0.2) is 29.4 Å². The molecule has 116 valence electrons. The van der Waals surface area contributed by atoms with E-state index in [1.807, 2.05) is 13.8 Å². The molecular formula is C15H26O5. The Kier molecular flexibility index (Phi) is 5.99. The fourth-order valence-corrected chi connectivity index (χ4v) is 2.05. The van der Waals surface area contributed by atoms with Gasteiger partial charge in [-0.3, -0.25) is 9.59 Å². The van der Waals surface area contributed by atoms with Gasteiger partial charge >= 0.3 is 11.9 Å². The van der Waals surface area contributed by atoms with Gasteiger partial charge in [-0.15, -0.1) is 0 Å². The maximum Gasteiger partial charge on any atom is 0.325 e. The zero-order valence-electron chi connectivity index (χ0n) is 12.8. The fourth-order valence-electron chi connectivity index (χ4n) is 2.05. The summed E-state index contributed by atoms with van der Waals surface area (Å²) in [5.41, 5.74) is -1.55. The lowest BCUT2D eigenvalue weighted by atomic mass is 9.94. The molecule has 0 radical (unpaired) electrons. The van der Waals surface area contributed by atoms with Gasteiger partial charge in [0, 0.05) is 5.92 Å². The van der Waals surface area contributed by atoms with Crippen LogP contribution in [-0.2, 0) is 19.1 Å². The van der Waals surface area contributed by atoms with Crippen LogP contribution in [0.5, 0.6) is 0 Å². The van der Waals surface area contributed by atoms with Crippen LogP contribution in [0.2, 0.25) is 0 Å². The molecule has 20 heavy (non-hydrogen) atoms. The van der Waals surface area contributed by atoms with E-state index in [0.29, 0.717) is 0 Å². The van der Waals surface area contributed by atoms with E-state index in [-0.39, 0.29) is 12.0 Å². The van der Waals surface area contributed by atoms with Crippen molar-refractivity contribution >= 4 is 11.9 Å². The van der Waals surface area contributed by atoms with E-state index in [9.17, 15) is 9.59 Å². The summed E-state index contributed by atoms with van der Waals surface area (Å²) in [5.74, 6) is -1.95. The summed E-state index contributed by atoms with van der Waals surface area (Å²) in [4.78, 5) is 23.0. The number of hydrogen-bond donors (Lipinski definition) is 1. The first kappa shape index (κ1) is 17.0. The molecule has 1 unspecified atom stereocenters. The third-order valence-electron chi connectivity index (χ3n) is 3.69. The number of hydrogen-bond acceptors (Lipinski definition) is 4. The van der Waals surface area contributed by atoms with Crippen molar-refractivity contribution in [3.63, 3.8) is 0 Å². The quantitative estimate of drug-likeness (QED) is 0.461. The summed E-state index contributed by atoms with van der Waals surface area (Å²) in [6, 6.07) is 0. The number of carboxylic acids is 1. The molecule has 0 spiro atoms. The highest BCUT2D eigenvalue weighted by molar-refractivity contribution is 5.98. The molecule has 0 amide bonds. The standard InChI is InChI=1S/C15H26O5/c1-10(2)12(19-11-8-6-5-7-9-11)20-14(18)15(3,4)13(16)17/h10-12H,5-9H2,1-4H3,(H,16,17). The molecule has 1 atom stereocenters. The zero-order valence-corrected chi connectivity index (χ0v) is 12.8. The van der Waals surface area contributed by atoms with Crippen molar-refractivity contribution in [2.75, 3.05) is 0 Å². The summed E-state index contributed by atoms with van der Waals surface area (Å²) < 4.78 is 11.2. The molecule has 5 nitrogen and oxygen atoms in total. The van der Waals surface area contributed by atoms with Crippen LogP contribution in [0, 0.1) is 11.3 Å². The first-order valence-electron chi connectivity index (χ1n) is 7.35. The van der Waals surface area contributed by atoms with E-state index in [2.05, 4.69) is 0 Å². The Bertz CT molecular complexity index is 342. The molecule has 1 aliphatic rings. The smallest absolute Gasteiger partial charge is 0.325 e. The Hall–Kier alpha value is -1.10. The maximum atomic E-state index is 12.0. The summed E-state index contributed by atoms with van der Waals surface area (Å²) in [6.07, 6.45) is 4.86. The first-order chi connectivity index (χ1) is 9.25. The molecule has 0 aromatic rings. The van der Waals surface area contributed by atoms with Gasteiger partial charge in [-0.25, -0.2) is 0 Å². The molecule has 1 fully saturated rings. The van der Waals surface area contributed by atoms with E-state index >= 15 is 0 Å². The number of ether oxygens (including phenoxy) is 2. The van der Waals surface area contributed by atoms with Crippen LogP contribution in [0.1, 0.15) is 59.8 Å². The molecule has 1 rings (SSSR count). The molecule has 0 heterocycles. The lowest BCUT2D eigenvalue weighted by Gasteiger charge is -2.31. The highest BCUT2D eigenvalue weighted by Crippen LogP contribution is 2.26. The fraction of sp³-hybridized carbons (Fsp3) is 0.867. The van der Waals surface area contributed by atoms with Gasteiger partial charge in [0.1, 0.15) is 0 Å². The molecule has 0 aromatic carbocycles. The highest BCUT2D eigenvalue weighted by Gasteiger charge is 2.40. The summed E-state index contributed by atoms with van der Waals surface area (Å²) in [6.45, 7) is 6.48. The second-order valence-corrected chi connectivity index (χ2v) is 6.34. The molecule has 1 aliphatic carbocycles. The van der Waals surface area contributed by atoms with Gasteiger partial charge in [0.15, 0.2) is 5.41 Å². The average molecular weight is 286 g/mol. The molecule has 1 N–H and O–H groups in total. The number of carboxylic acid groups (broad SMARTS) is 1. The van der Waals surface area contributed by atoms with E-state index in [0.717, 1.165) is 25.7 Å². The third-order valence-corrected chi connectivity index (χ3v) is 3.69. The molecule has 0 aromatic heterocycles. The number of carbonyl (C=O) groups excluding carboxylic acids is 1. The van der Waals surface area contributed by atoms with Crippen molar-refractivity contribution < 1.29 is 24.2 Å². The normalized spacial score (nSPS) is 18.9. The summed E-state index contributed by atoms with van der Waals surface area (Å²) in [7, 11) is 0. The lowest BCUT2D eigenvalue weighted by molar-refractivity contribution is -0.213. The van der Waals surface area contributed by atoms with E-state index < -0.39 is 23.6 Å². The second kappa shape index (κ2) is 7.07. The van der Waals surface area contributed by atoms with Crippen LogP contribution in [0.25, 0.3) is 0 Å². The summed E-state index contributed by atoms with van der Waals surface area (Å²) >= 11 is 0. The molecule has 0 bridgehead atoms. The minimum Gasteiger partial charge on any atom is -0.480 e. The van der Waals surface area contributed by atoms with Gasteiger partial charge in [-0.05, 0) is 26.7 Å². The largest absolute Gasteiger partial charge is 0.480 e. The molecule has 0 saturated heterocycles. The van der Waals surface area contributed by atoms with Crippen molar-refractivity contribution in [1.29, 1.82) is 0 Å². The van der Waals surface area contributed by atoms with Crippen LogP contribution in [0.4, 0.5) is 0 Å². The molecular weight excluding hydrogens is 260 g/mol. The Balaban J connectivity index is 2.62. The average Bonchev–Trinajstić information content (AvgIpc) is 2.38. The maximum absolute atomic E-state index is 12.0. The zero-order chi connectivity index (χ0) is 15.3. The number of rotatable bonds is 6. The van der Waals surface area contributed by atoms with Gasteiger partial charge in [0.2, 0.25) is 6.29 Å². The Morgan fingerprint density at radius 2 is 1.70 bits per heavy atom. The van der Waals surface area contributed by atoms with Crippen LogP contribution >= 0.6 is 0 Å². The monoisotopic (exact) mass is 286 g/mol. The summed E-state index contributed by atoms with van der Waals surface area (Å²) in [5, 5.41) is 9.04. The van der Waals surface area contributed by atoms with Crippen molar-refractivity contribution in [2.24, 2.45) is 11.3 Å². The Morgan fingerprint density at radius 1 is 1.15 bits per heavy atom. The van der Waals surface area contributed by atoms with Gasteiger partial charge in [0.05, 0.1) is 6.10 Å². The van der Waals surface area contributed by atoms with Crippen molar-refractivity contribution in [1.82, 2.24) is 0 Å². The van der Waals surface area contributed by atoms with Gasteiger partial charge < -0.3 is 14.6 Å². The molecule has 5 heteroatoms. The molecule has 0 aliphatic heterocycles. The van der Waals surface area contributed by atoms with Crippen LogP contribution in [0.15, 0.2) is 0 Å². The third kappa shape index (κ3) is 4.47. The Labute approximate surface area is 120 Å². The number of aliphatic carboxylic acids is 1. The van der Waals surface area contributed by atoms with Crippen LogP contribution in [0.3, 0.4) is 0 Å². The first-order valence-corrected chi connectivity index (χ1v) is 7.35. The highest BCUT2D eigenvalue weighted by atomic mass is 16.7. The topological polar surface area (TPSA) is 72.8 Å². The lowest BCUT2D eigenvalue weighted by Crippen LogP contribution is -2.40. The minimum atomic E-state index is -1.55. The van der Waals surface area contributed by atoms with E-state index in [4.69, 9.17) is 14.6 Å². The van der Waals surface area contributed by atoms with E-state index in [1.54, 1.807) is 0 Å². The van der Waals surface area contributed by atoms with Gasteiger partial charge in [0.25, 0.3) is 0 Å². The second-order valence-electron chi connectivity index (χ2n) is 6.34. The predicted octanol–water partition coefficient (Wildman–Crippen LogP) is 2.97.